The lowest BCUT2D eigenvalue weighted by Gasteiger charge is -2.25. The molecule has 0 radical (unpaired) electrons. The van der Waals surface area contributed by atoms with Gasteiger partial charge in [-0.15, -0.1) is 0 Å². The molecule has 0 aliphatic heterocycles. The van der Waals surface area contributed by atoms with Crippen LogP contribution in [0.5, 0.6) is 5.75 Å². The maximum absolute atomic E-state index is 8.84. The van der Waals surface area contributed by atoms with Crippen molar-refractivity contribution in [3.8, 4) is 5.75 Å². The van der Waals surface area contributed by atoms with Crippen LogP contribution in [0.3, 0.4) is 0 Å². The Morgan fingerprint density at radius 3 is 2.56 bits per heavy atom. The fourth-order valence-electron chi connectivity index (χ4n) is 1.62. The van der Waals surface area contributed by atoms with E-state index in [-0.39, 0.29) is 12.2 Å². The number of ether oxygens (including phenoxy) is 1. The zero-order chi connectivity index (χ0) is 13.8. The third-order valence-electron chi connectivity index (χ3n) is 2.51. The van der Waals surface area contributed by atoms with Crippen LogP contribution in [0.25, 0.3) is 0 Å². The quantitative estimate of drug-likeness (QED) is 0.789. The van der Waals surface area contributed by atoms with Crippen LogP contribution in [0.1, 0.15) is 27.2 Å². The van der Waals surface area contributed by atoms with Gasteiger partial charge in [0.1, 0.15) is 11.4 Å². The molecule has 18 heavy (non-hydrogen) atoms. The lowest BCUT2D eigenvalue weighted by atomic mass is 10.1. The molecule has 1 aromatic rings. The summed E-state index contributed by atoms with van der Waals surface area (Å²) in [5.74, 6) is 0.704. The first-order valence-electron chi connectivity index (χ1n) is 6.24. The van der Waals surface area contributed by atoms with Gasteiger partial charge in [-0.1, -0.05) is 0 Å². The second-order valence-electron chi connectivity index (χ2n) is 5.44. The number of benzene rings is 1. The van der Waals surface area contributed by atoms with E-state index >= 15 is 0 Å². The van der Waals surface area contributed by atoms with Crippen molar-refractivity contribution in [2.24, 2.45) is 0 Å². The summed E-state index contributed by atoms with van der Waals surface area (Å²) in [4.78, 5) is 2.07. The zero-order valence-electron chi connectivity index (χ0n) is 11.7. The summed E-state index contributed by atoms with van der Waals surface area (Å²) < 4.78 is 5.83. The highest BCUT2D eigenvalue weighted by molar-refractivity contribution is 5.62. The van der Waals surface area contributed by atoms with E-state index < -0.39 is 0 Å². The van der Waals surface area contributed by atoms with Crippen LogP contribution in [-0.2, 0) is 0 Å². The molecule has 0 bridgehead atoms. The van der Waals surface area contributed by atoms with Gasteiger partial charge in [0.15, 0.2) is 0 Å². The van der Waals surface area contributed by atoms with Gasteiger partial charge in [-0.05, 0) is 39.3 Å². The van der Waals surface area contributed by atoms with E-state index in [9.17, 15) is 0 Å². The van der Waals surface area contributed by atoms with Gasteiger partial charge in [-0.2, -0.15) is 0 Å². The van der Waals surface area contributed by atoms with Crippen LogP contribution in [-0.4, -0.2) is 30.9 Å². The Morgan fingerprint density at radius 1 is 1.33 bits per heavy atom. The van der Waals surface area contributed by atoms with E-state index in [2.05, 4.69) is 4.90 Å². The minimum Gasteiger partial charge on any atom is -0.486 e. The lowest BCUT2D eigenvalue weighted by Crippen LogP contribution is -2.24. The summed E-state index contributed by atoms with van der Waals surface area (Å²) >= 11 is 0. The van der Waals surface area contributed by atoms with Gasteiger partial charge in [0.25, 0.3) is 0 Å². The average molecular weight is 252 g/mol. The van der Waals surface area contributed by atoms with E-state index in [1.807, 2.05) is 46.0 Å². The molecule has 0 fully saturated rings. The maximum atomic E-state index is 8.84. The highest BCUT2D eigenvalue weighted by atomic mass is 16.5. The molecule has 1 rings (SSSR count). The number of aliphatic hydroxyl groups is 1. The molecule has 0 saturated carbocycles. The standard InChI is InChI=1S/C14H24N2O2/c1-14(2,3)18-13-10-11(6-7-12(13)15)16(4)8-5-9-17/h6-7,10,17H,5,8-9,15H2,1-4H3. The molecule has 0 unspecified atom stereocenters. The highest BCUT2D eigenvalue weighted by Gasteiger charge is 2.14. The second kappa shape index (κ2) is 5.96. The Hall–Kier alpha value is -1.42. The van der Waals surface area contributed by atoms with Gasteiger partial charge >= 0.3 is 0 Å². The summed E-state index contributed by atoms with van der Waals surface area (Å²) in [5, 5.41) is 8.84. The maximum Gasteiger partial charge on any atom is 0.145 e. The predicted octanol–water partition coefficient (Wildman–Crippen LogP) is 2.26. The van der Waals surface area contributed by atoms with Crippen LogP contribution >= 0.6 is 0 Å². The molecule has 4 heteroatoms. The van der Waals surface area contributed by atoms with Gasteiger partial charge in [0, 0.05) is 32.0 Å². The molecule has 0 aliphatic rings. The number of aliphatic hydroxyl groups excluding tert-OH is 1. The first kappa shape index (κ1) is 14.6. The molecule has 0 aromatic heterocycles. The number of nitrogen functional groups attached to an aromatic ring is 1. The van der Waals surface area contributed by atoms with Gasteiger partial charge < -0.3 is 20.5 Å². The second-order valence-corrected chi connectivity index (χ2v) is 5.44. The number of nitrogens with two attached hydrogens (primary N) is 1. The normalized spacial score (nSPS) is 11.4. The Balaban J connectivity index is 2.86. The molecular formula is C14H24N2O2. The molecule has 0 atom stereocenters. The largest absolute Gasteiger partial charge is 0.486 e. The van der Waals surface area contributed by atoms with Crippen molar-refractivity contribution in [1.29, 1.82) is 0 Å². The number of nitrogens with zero attached hydrogens (tertiary/aromatic N) is 1. The molecule has 0 aliphatic carbocycles. The van der Waals surface area contributed by atoms with E-state index in [1.165, 1.54) is 0 Å². The number of hydrogen-bond acceptors (Lipinski definition) is 4. The van der Waals surface area contributed by atoms with Crippen LogP contribution in [0.2, 0.25) is 0 Å². The molecule has 4 nitrogen and oxygen atoms in total. The number of rotatable bonds is 5. The summed E-state index contributed by atoms with van der Waals surface area (Å²) in [6, 6.07) is 5.76. The Kier molecular flexibility index (Phi) is 4.84. The molecule has 0 spiro atoms. The third-order valence-corrected chi connectivity index (χ3v) is 2.51. The Bertz CT molecular complexity index is 386. The van der Waals surface area contributed by atoms with Crippen LogP contribution in [0, 0.1) is 0 Å². The molecule has 1 aromatic carbocycles. The summed E-state index contributed by atoms with van der Waals surface area (Å²) in [6.07, 6.45) is 0.746. The molecule has 0 saturated heterocycles. The monoisotopic (exact) mass is 252 g/mol. The summed E-state index contributed by atoms with van der Waals surface area (Å²) in [7, 11) is 1.99. The van der Waals surface area contributed by atoms with Crippen LogP contribution in [0.15, 0.2) is 18.2 Å². The minimum absolute atomic E-state index is 0.199. The zero-order valence-corrected chi connectivity index (χ0v) is 11.7. The van der Waals surface area contributed by atoms with Crippen molar-refractivity contribution in [3.05, 3.63) is 18.2 Å². The molecule has 102 valence electrons. The lowest BCUT2D eigenvalue weighted by molar-refractivity contribution is 0.132. The SMILES string of the molecule is CN(CCCO)c1ccc(N)c(OC(C)(C)C)c1. The minimum atomic E-state index is -0.267. The van der Waals surface area contributed by atoms with Crippen molar-refractivity contribution in [1.82, 2.24) is 0 Å². The predicted molar refractivity (Wildman–Crippen MR) is 76.2 cm³/mol. The van der Waals surface area contributed by atoms with Gasteiger partial charge in [-0.25, -0.2) is 0 Å². The summed E-state index contributed by atoms with van der Waals surface area (Å²) in [6.45, 7) is 6.98. The van der Waals surface area contributed by atoms with Crippen molar-refractivity contribution in [2.45, 2.75) is 32.8 Å². The van der Waals surface area contributed by atoms with E-state index in [4.69, 9.17) is 15.6 Å². The highest BCUT2D eigenvalue weighted by Crippen LogP contribution is 2.30. The molecule has 0 heterocycles. The Labute approximate surface area is 109 Å². The van der Waals surface area contributed by atoms with Gasteiger partial charge in [0.05, 0.1) is 5.69 Å². The van der Waals surface area contributed by atoms with Crippen LogP contribution in [0.4, 0.5) is 11.4 Å². The van der Waals surface area contributed by atoms with Crippen molar-refractivity contribution < 1.29 is 9.84 Å². The van der Waals surface area contributed by atoms with Crippen molar-refractivity contribution in [2.75, 3.05) is 30.8 Å². The first-order chi connectivity index (χ1) is 8.33. The topological polar surface area (TPSA) is 58.7 Å². The number of hydrogen-bond donors (Lipinski definition) is 2. The van der Waals surface area contributed by atoms with E-state index in [0.29, 0.717) is 11.4 Å². The van der Waals surface area contributed by atoms with Gasteiger partial charge in [-0.3, -0.25) is 0 Å². The smallest absolute Gasteiger partial charge is 0.145 e. The molecule has 3 N–H and O–H groups in total. The summed E-state index contributed by atoms with van der Waals surface area (Å²) in [5.41, 5.74) is 7.33. The molecular weight excluding hydrogens is 228 g/mol. The van der Waals surface area contributed by atoms with E-state index in [1.54, 1.807) is 0 Å². The van der Waals surface area contributed by atoms with Crippen molar-refractivity contribution >= 4 is 11.4 Å². The van der Waals surface area contributed by atoms with Crippen molar-refractivity contribution in [3.63, 3.8) is 0 Å². The third kappa shape index (κ3) is 4.45. The van der Waals surface area contributed by atoms with Crippen LogP contribution < -0.4 is 15.4 Å². The first-order valence-corrected chi connectivity index (χ1v) is 6.24. The fourth-order valence-corrected chi connectivity index (χ4v) is 1.62. The number of anilines is 2. The van der Waals surface area contributed by atoms with E-state index in [0.717, 1.165) is 18.7 Å². The Morgan fingerprint density at radius 2 is 2.00 bits per heavy atom. The fraction of sp³-hybridized carbons (Fsp3) is 0.571. The van der Waals surface area contributed by atoms with Gasteiger partial charge in [0.2, 0.25) is 0 Å². The average Bonchev–Trinajstić information content (AvgIpc) is 2.27. The molecule has 0 amide bonds.